The van der Waals surface area contributed by atoms with Crippen molar-refractivity contribution in [2.24, 2.45) is 5.73 Å². The molecule has 1 aliphatic heterocycles. The summed E-state index contributed by atoms with van der Waals surface area (Å²) in [5.74, 6) is 0. The summed E-state index contributed by atoms with van der Waals surface area (Å²) in [6.45, 7) is 3.05. The van der Waals surface area contributed by atoms with Crippen molar-refractivity contribution < 1.29 is 0 Å². The second-order valence-corrected chi connectivity index (χ2v) is 5.13. The van der Waals surface area contributed by atoms with Crippen molar-refractivity contribution in [3.05, 3.63) is 35.9 Å². The quantitative estimate of drug-likeness (QED) is 0.807. The van der Waals surface area contributed by atoms with Crippen LogP contribution in [0.25, 0.3) is 0 Å². The van der Waals surface area contributed by atoms with Gasteiger partial charge < -0.3 is 5.73 Å². The normalized spacial score (nSPS) is 18.7. The zero-order valence-electron chi connectivity index (χ0n) is 11.1. The average molecular weight is 247 g/mol. The smallest absolute Gasteiger partial charge is 0.0341 e. The Morgan fingerprint density at radius 2 is 1.83 bits per heavy atom. The Morgan fingerprint density at radius 3 is 2.50 bits per heavy atom. The largest absolute Gasteiger partial charge is 0.329 e. The van der Waals surface area contributed by atoms with E-state index < -0.39 is 0 Å². The highest BCUT2D eigenvalue weighted by atomic mass is 15.5. The Kier molecular flexibility index (Phi) is 5.65. The summed E-state index contributed by atoms with van der Waals surface area (Å²) in [5, 5.41) is 2.35. The molecule has 1 aromatic rings. The molecule has 3 nitrogen and oxygen atoms in total. The van der Waals surface area contributed by atoms with Gasteiger partial charge in [0.15, 0.2) is 0 Å². The van der Waals surface area contributed by atoms with Gasteiger partial charge in [-0.25, -0.2) is 5.01 Å². The first-order valence-corrected chi connectivity index (χ1v) is 7.13. The van der Waals surface area contributed by atoms with E-state index in [1.807, 2.05) is 0 Å². The van der Waals surface area contributed by atoms with E-state index in [1.54, 1.807) is 0 Å². The van der Waals surface area contributed by atoms with E-state index in [0.717, 1.165) is 12.8 Å². The summed E-state index contributed by atoms with van der Waals surface area (Å²) >= 11 is 0. The van der Waals surface area contributed by atoms with Crippen LogP contribution in [-0.2, 0) is 6.42 Å². The minimum absolute atomic E-state index is 0.406. The predicted molar refractivity (Wildman–Crippen MR) is 76.2 cm³/mol. The van der Waals surface area contributed by atoms with E-state index in [2.05, 4.69) is 40.8 Å². The minimum Gasteiger partial charge on any atom is -0.329 e. The SMILES string of the molecule is NCC(CCc1ccccc1)NN1CCCCC1. The first kappa shape index (κ1) is 13.5. The Hall–Kier alpha value is -0.900. The van der Waals surface area contributed by atoms with E-state index >= 15 is 0 Å². The molecule has 3 N–H and O–H groups in total. The van der Waals surface area contributed by atoms with Gasteiger partial charge in [0.2, 0.25) is 0 Å². The van der Waals surface area contributed by atoms with Crippen molar-refractivity contribution in [3.63, 3.8) is 0 Å². The van der Waals surface area contributed by atoms with Crippen LogP contribution < -0.4 is 11.2 Å². The Morgan fingerprint density at radius 1 is 1.11 bits per heavy atom. The Balaban J connectivity index is 1.74. The van der Waals surface area contributed by atoms with Crippen molar-refractivity contribution in [2.45, 2.75) is 38.1 Å². The van der Waals surface area contributed by atoms with Gasteiger partial charge in [0.1, 0.15) is 0 Å². The molecule has 0 radical (unpaired) electrons. The first-order valence-electron chi connectivity index (χ1n) is 7.13. The molecule has 1 aliphatic rings. The van der Waals surface area contributed by atoms with E-state index in [4.69, 9.17) is 5.73 Å². The molecular formula is C15H25N3. The van der Waals surface area contributed by atoms with Gasteiger partial charge in [0.25, 0.3) is 0 Å². The Bertz CT molecular complexity index is 320. The van der Waals surface area contributed by atoms with Crippen molar-refractivity contribution in [1.82, 2.24) is 10.4 Å². The van der Waals surface area contributed by atoms with Gasteiger partial charge in [-0.05, 0) is 31.2 Å². The summed E-state index contributed by atoms with van der Waals surface area (Å²) in [6, 6.07) is 11.1. The molecule has 1 atom stereocenters. The molecule has 0 aliphatic carbocycles. The van der Waals surface area contributed by atoms with Crippen molar-refractivity contribution in [1.29, 1.82) is 0 Å². The van der Waals surface area contributed by atoms with E-state index in [-0.39, 0.29) is 0 Å². The van der Waals surface area contributed by atoms with Gasteiger partial charge >= 0.3 is 0 Å². The fraction of sp³-hybridized carbons (Fsp3) is 0.600. The van der Waals surface area contributed by atoms with Crippen molar-refractivity contribution >= 4 is 0 Å². The molecule has 3 heteroatoms. The molecule has 100 valence electrons. The molecule has 0 amide bonds. The summed E-state index contributed by atoms with van der Waals surface area (Å²) in [5.41, 5.74) is 10.8. The number of nitrogens with one attached hydrogen (secondary N) is 1. The highest BCUT2D eigenvalue weighted by Gasteiger charge is 2.14. The average Bonchev–Trinajstić information content (AvgIpc) is 2.45. The summed E-state index contributed by atoms with van der Waals surface area (Å²) in [6.07, 6.45) is 6.20. The van der Waals surface area contributed by atoms with Crippen LogP contribution in [0.2, 0.25) is 0 Å². The molecule has 0 aromatic heterocycles. The van der Waals surface area contributed by atoms with Crippen LogP contribution in [-0.4, -0.2) is 30.7 Å². The van der Waals surface area contributed by atoms with E-state index in [9.17, 15) is 0 Å². The third-order valence-corrected chi connectivity index (χ3v) is 3.63. The van der Waals surface area contributed by atoms with Crippen LogP contribution >= 0.6 is 0 Å². The highest BCUT2D eigenvalue weighted by Crippen LogP contribution is 2.09. The summed E-state index contributed by atoms with van der Waals surface area (Å²) in [4.78, 5) is 0. The van der Waals surface area contributed by atoms with Gasteiger partial charge in [0, 0.05) is 25.7 Å². The number of hydrogen-bond acceptors (Lipinski definition) is 3. The molecule has 1 heterocycles. The standard InChI is InChI=1S/C15H25N3/c16-13-15(17-18-11-5-2-6-12-18)10-9-14-7-3-1-4-8-14/h1,3-4,7-8,15,17H,2,5-6,9-13,16H2. The van der Waals surface area contributed by atoms with Crippen LogP contribution in [0.3, 0.4) is 0 Å². The number of nitrogens with zero attached hydrogens (tertiary/aromatic N) is 1. The number of hydrogen-bond donors (Lipinski definition) is 2. The van der Waals surface area contributed by atoms with Crippen molar-refractivity contribution in [3.8, 4) is 0 Å². The van der Waals surface area contributed by atoms with Crippen LogP contribution in [0.15, 0.2) is 30.3 Å². The molecule has 1 fully saturated rings. The minimum atomic E-state index is 0.406. The van der Waals surface area contributed by atoms with E-state index in [1.165, 1.54) is 37.9 Å². The zero-order valence-corrected chi connectivity index (χ0v) is 11.1. The third-order valence-electron chi connectivity index (χ3n) is 3.63. The molecule has 1 saturated heterocycles. The van der Waals surface area contributed by atoms with Crippen LogP contribution in [0.5, 0.6) is 0 Å². The lowest BCUT2D eigenvalue weighted by Gasteiger charge is -2.31. The number of piperidine rings is 1. The fourth-order valence-corrected chi connectivity index (χ4v) is 2.50. The lowest BCUT2D eigenvalue weighted by Crippen LogP contribution is -2.50. The number of nitrogens with two attached hydrogens (primary N) is 1. The van der Waals surface area contributed by atoms with Crippen LogP contribution in [0.1, 0.15) is 31.2 Å². The number of rotatable bonds is 6. The second-order valence-electron chi connectivity index (χ2n) is 5.13. The molecule has 2 rings (SSSR count). The monoisotopic (exact) mass is 247 g/mol. The molecule has 0 bridgehead atoms. The van der Waals surface area contributed by atoms with Gasteiger partial charge in [-0.15, -0.1) is 0 Å². The molecule has 0 spiro atoms. The predicted octanol–water partition coefficient (Wildman–Crippen LogP) is 1.94. The molecule has 18 heavy (non-hydrogen) atoms. The van der Waals surface area contributed by atoms with Gasteiger partial charge in [-0.3, -0.25) is 5.43 Å². The summed E-state index contributed by atoms with van der Waals surface area (Å²) in [7, 11) is 0. The van der Waals surface area contributed by atoms with Crippen LogP contribution in [0, 0.1) is 0 Å². The topological polar surface area (TPSA) is 41.3 Å². The second kappa shape index (κ2) is 7.52. The van der Waals surface area contributed by atoms with E-state index in [0.29, 0.717) is 12.6 Å². The Labute approximate surface area is 110 Å². The molecule has 1 unspecified atom stereocenters. The molecule has 1 aromatic carbocycles. The summed E-state index contributed by atoms with van der Waals surface area (Å²) < 4.78 is 0. The lowest BCUT2D eigenvalue weighted by molar-refractivity contribution is 0.127. The number of hydrazine groups is 1. The highest BCUT2D eigenvalue weighted by molar-refractivity contribution is 5.14. The molecular weight excluding hydrogens is 222 g/mol. The lowest BCUT2D eigenvalue weighted by atomic mass is 10.1. The number of aryl methyl sites for hydroxylation is 1. The maximum atomic E-state index is 5.86. The molecule has 0 saturated carbocycles. The van der Waals surface area contributed by atoms with Crippen molar-refractivity contribution in [2.75, 3.05) is 19.6 Å². The van der Waals surface area contributed by atoms with Gasteiger partial charge in [-0.2, -0.15) is 0 Å². The maximum Gasteiger partial charge on any atom is 0.0341 e. The van der Waals surface area contributed by atoms with Crippen LogP contribution in [0.4, 0.5) is 0 Å². The number of benzene rings is 1. The zero-order chi connectivity index (χ0) is 12.6. The maximum absolute atomic E-state index is 5.86. The fourth-order valence-electron chi connectivity index (χ4n) is 2.50. The van der Waals surface area contributed by atoms with Gasteiger partial charge in [0.05, 0.1) is 0 Å². The van der Waals surface area contributed by atoms with Gasteiger partial charge in [-0.1, -0.05) is 36.8 Å². The first-order chi connectivity index (χ1) is 8.88. The third kappa shape index (κ3) is 4.41.